The normalized spacial score (nSPS) is 18.4. The molecule has 15 heteroatoms. The van der Waals surface area contributed by atoms with Crippen molar-refractivity contribution in [3.8, 4) is 0 Å². The molecule has 18 heavy (non-hydrogen) atoms. The van der Waals surface area contributed by atoms with Gasteiger partial charge in [0, 0.05) is 0 Å². The average molecular weight is 328 g/mol. The first-order chi connectivity index (χ1) is 7.46. The van der Waals surface area contributed by atoms with Gasteiger partial charge >= 0.3 is 37.8 Å². The lowest BCUT2D eigenvalue weighted by Gasteiger charge is -2.29. The maximum absolute atomic E-state index is 13.0. The number of rotatable bonds is 4. The fraction of sp³-hybridized carbons (Fsp3) is 1.00. The van der Waals surface area contributed by atoms with Crippen LogP contribution in [0.3, 0.4) is 0 Å². The van der Waals surface area contributed by atoms with Crippen LogP contribution in [0, 0.1) is 0 Å². The van der Waals surface area contributed by atoms with Gasteiger partial charge in [0.2, 0.25) is 0 Å². The van der Waals surface area contributed by atoms with Gasteiger partial charge in [-0.1, -0.05) is 0 Å². The molecule has 0 radical (unpaired) electrons. The Morgan fingerprint density at radius 3 is 1.33 bits per heavy atom. The predicted molar refractivity (Wildman–Crippen MR) is 39.0 cm³/mol. The van der Waals surface area contributed by atoms with Gasteiger partial charge < -0.3 is 0 Å². The van der Waals surface area contributed by atoms with E-state index in [1.165, 1.54) is 0 Å². The molecule has 0 saturated carbocycles. The molecule has 0 bridgehead atoms. The first-order valence-electron chi connectivity index (χ1n) is 3.24. The van der Waals surface area contributed by atoms with Crippen molar-refractivity contribution in [1.82, 2.24) is 0 Å². The van der Waals surface area contributed by atoms with Gasteiger partial charge in [-0.25, -0.2) is 0 Å². The fourth-order valence-electron chi connectivity index (χ4n) is 0.562. The largest absolute Gasteiger partial charge is 0.460 e. The Morgan fingerprint density at radius 1 is 0.833 bits per heavy atom. The van der Waals surface area contributed by atoms with E-state index in [0.717, 1.165) is 0 Å². The molecule has 7 nitrogen and oxygen atoms in total. The fourth-order valence-corrected chi connectivity index (χ4v) is 1.98. The van der Waals surface area contributed by atoms with Crippen molar-refractivity contribution in [3.05, 3.63) is 0 Å². The van der Waals surface area contributed by atoms with Crippen molar-refractivity contribution in [3.63, 3.8) is 0 Å². The summed E-state index contributed by atoms with van der Waals surface area (Å²) in [6, 6.07) is 0. The average Bonchev–Trinajstić information content (AvgIpc) is 1.95. The molecule has 1 atom stereocenters. The van der Waals surface area contributed by atoms with E-state index in [0.29, 0.717) is 0 Å². The monoisotopic (exact) mass is 328 g/mol. The van der Waals surface area contributed by atoms with Gasteiger partial charge in [0.15, 0.2) is 0 Å². The molecule has 0 fully saturated rings. The highest BCUT2D eigenvalue weighted by molar-refractivity contribution is 7.88. The zero-order valence-corrected chi connectivity index (χ0v) is 9.15. The van der Waals surface area contributed by atoms with E-state index in [9.17, 15) is 43.2 Å². The van der Waals surface area contributed by atoms with Crippen LogP contribution in [0.2, 0.25) is 0 Å². The molecular formula is C3H2F6O7S2. The number of hydrogen-bond acceptors (Lipinski definition) is 5. The molecule has 0 rings (SSSR count). The van der Waals surface area contributed by atoms with Crippen LogP contribution in [0.4, 0.5) is 26.3 Å². The summed E-state index contributed by atoms with van der Waals surface area (Å²) in [5, 5.41) is -6.47. The summed E-state index contributed by atoms with van der Waals surface area (Å²) in [5.41, 5.74) is 0. The lowest BCUT2D eigenvalue weighted by molar-refractivity contribution is -0.342. The van der Waals surface area contributed by atoms with E-state index in [-0.39, 0.29) is 0 Å². The minimum absolute atomic E-state index is 2.13. The SMILES string of the molecule is O=S(=O)(O)OC(F)(C(F)(F)C(F)(F)F)S(=O)(=O)O. The molecule has 0 aromatic rings. The molecule has 0 aliphatic heterocycles. The Balaban J connectivity index is 6.14. The number of hydrogen-bond donors (Lipinski definition) is 2. The molecule has 0 spiro atoms. The molecule has 2 N–H and O–H groups in total. The molecule has 0 saturated heterocycles. The van der Waals surface area contributed by atoms with Gasteiger partial charge in [-0.05, 0) is 0 Å². The third-order valence-electron chi connectivity index (χ3n) is 1.28. The molecule has 0 aliphatic carbocycles. The van der Waals surface area contributed by atoms with Crippen LogP contribution in [0.15, 0.2) is 0 Å². The molecule has 110 valence electrons. The van der Waals surface area contributed by atoms with E-state index in [1.807, 2.05) is 0 Å². The van der Waals surface area contributed by atoms with E-state index < -0.39 is 37.8 Å². The summed E-state index contributed by atoms with van der Waals surface area (Å²) < 4.78 is 131. The summed E-state index contributed by atoms with van der Waals surface area (Å²) in [6.45, 7) is 0. The van der Waals surface area contributed by atoms with Crippen molar-refractivity contribution >= 4 is 20.5 Å². The van der Waals surface area contributed by atoms with E-state index in [1.54, 1.807) is 0 Å². The van der Waals surface area contributed by atoms with Crippen LogP contribution in [-0.2, 0) is 24.7 Å². The Bertz CT molecular complexity index is 518. The molecule has 0 amide bonds. The van der Waals surface area contributed by atoms with Crippen LogP contribution in [0.5, 0.6) is 0 Å². The molecule has 0 aromatic carbocycles. The summed E-state index contributed by atoms with van der Waals surface area (Å²) in [7, 11) is -13.4. The summed E-state index contributed by atoms with van der Waals surface area (Å²) >= 11 is 0. The van der Waals surface area contributed by atoms with E-state index >= 15 is 0 Å². The van der Waals surface area contributed by atoms with Gasteiger partial charge in [-0.3, -0.25) is 9.11 Å². The van der Waals surface area contributed by atoms with Crippen molar-refractivity contribution < 1.29 is 56.5 Å². The molecule has 1 unspecified atom stereocenters. The van der Waals surface area contributed by atoms with Crippen molar-refractivity contribution in [2.45, 2.75) is 17.3 Å². The second kappa shape index (κ2) is 4.19. The predicted octanol–water partition coefficient (Wildman–Crippen LogP) is 0.515. The second-order valence-corrected chi connectivity index (χ2v) is 5.09. The van der Waals surface area contributed by atoms with Gasteiger partial charge in [0.05, 0.1) is 0 Å². The summed E-state index contributed by atoms with van der Waals surface area (Å²) in [6.07, 6.45) is -6.94. The van der Waals surface area contributed by atoms with Crippen LogP contribution in [0.25, 0.3) is 0 Å². The second-order valence-electron chi connectivity index (χ2n) is 2.59. The number of halogens is 6. The first-order valence-corrected chi connectivity index (χ1v) is 6.05. The van der Waals surface area contributed by atoms with Crippen LogP contribution < -0.4 is 0 Å². The Hall–Kier alpha value is -0.640. The summed E-state index contributed by atoms with van der Waals surface area (Å²) in [4.78, 5) is 0. The Morgan fingerprint density at radius 2 is 1.17 bits per heavy atom. The van der Waals surface area contributed by atoms with Crippen molar-refractivity contribution in [2.24, 2.45) is 0 Å². The van der Waals surface area contributed by atoms with Gasteiger partial charge in [-0.2, -0.15) is 47.4 Å². The highest BCUT2D eigenvalue weighted by Crippen LogP contribution is 2.49. The quantitative estimate of drug-likeness (QED) is 0.570. The standard InChI is InChI=1S/C3H2F6O7S2/c4-1(5,2(6,7)8)3(9,17(10,11)12)16-18(13,14)15/h(H,10,11,12)(H,13,14,15). The van der Waals surface area contributed by atoms with E-state index in [2.05, 4.69) is 4.18 Å². The van der Waals surface area contributed by atoms with Crippen LogP contribution in [-0.4, -0.2) is 43.2 Å². The van der Waals surface area contributed by atoms with Gasteiger partial charge in [0.25, 0.3) is 0 Å². The van der Waals surface area contributed by atoms with Crippen molar-refractivity contribution in [1.29, 1.82) is 0 Å². The lowest BCUT2D eigenvalue weighted by atomic mass is 10.3. The molecular weight excluding hydrogens is 326 g/mol. The van der Waals surface area contributed by atoms with Gasteiger partial charge in [0.1, 0.15) is 0 Å². The molecule has 0 aliphatic rings. The van der Waals surface area contributed by atoms with Crippen LogP contribution in [0.1, 0.15) is 0 Å². The summed E-state index contributed by atoms with van der Waals surface area (Å²) in [5.74, 6) is -6.98. The smallest absolute Gasteiger partial charge is 0.281 e. The third kappa shape index (κ3) is 3.02. The highest BCUT2D eigenvalue weighted by atomic mass is 32.3. The first kappa shape index (κ1) is 17.4. The highest BCUT2D eigenvalue weighted by Gasteiger charge is 2.80. The topological polar surface area (TPSA) is 118 Å². The maximum atomic E-state index is 13.0. The lowest BCUT2D eigenvalue weighted by Crippen LogP contribution is -2.60. The zero-order valence-electron chi connectivity index (χ0n) is 7.52. The van der Waals surface area contributed by atoms with Crippen molar-refractivity contribution in [2.75, 3.05) is 0 Å². The maximum Gasteiger partial charge on any atom is 0.460 e. The third-order valence-corrected chi connectivity index (χ3v) is 2.82. The van der Waals surface area contributed by atoms with E-state index in [4.69, 9.17) is 9.11 Å². The minimum atomic E-state index is -7.04. The molecule has 0 heterocycles. The van der Waals surface area contributed by atoms with Crippen LogP contribution >= 0.6 is 0 Å². The number of alkyl halides is 6. The molecule has 0 aromatic heterocycles. The van der Waals surface area contributed by atoms with Gasteiger partial charge in [-0.15, -0.1) is 0 Å². The Kier molecular flexibility index (Phi) is 4.04. The minimum Gasteiger partial charge on any atom is -0.281 e. The Labute approximate surface area is 95.0 Å². The zero-order chi connectivity index (χ0) is 15.2.